The van der Waals surface area contributed by atoms with Crippen molar-refractivity contribution in [3.63, 3.8) is 0 Å². The maximum absolute atomic E-state index is 12.6. The molecule has 130 valence electrons. The molecule has 25 heavy (non-hydrogen) atoms. The van der Waals surface area contributed by atoms with Crippen LogP contribution in [0.1, 0.15) is 24.6 Å². The number of hydrogen-bond donors (Lipinski definition) is 0. The average Bonchev–Trinajstić information content (AvgIpc) is 2.95. The first-order valence-corrected chi connectivity index (χ1v) is 8.45. The first-order valence-electron chi connectivity index (χ1n) is 8.45. The maximum Gasteiger partial charge on any atom is 0.243 e. The minimum Gasteiger partial charge on any atom is -0.494 e. The Hall–Kier alpha value is -2.82. The van der Waals surface area contributed by atoms with Gasteiger partial charge in [0.25, 0.3) is 0 Å². The Labute approximate surface area is 147 Å². The largest absolute Gasteiger partial charge is 0.494 e. The second kappa shape index (κ2) is 7.83. The predicted molar refractivity (Wildman–Crippen MR) is 94.8 cm³/mol. The van der Waals surface area contributed by atoms with E-state index >= 15 is 0 Å². The Morgan fingerprint density at radius 3 is 2.40 bits per heavy atom. The van der Waals surface area contributed by atoms with Crippen molar-refractivity contribution in [2.24, 2.45) is 0 Å². The maximum atomic E-state index is 12.6. The predicted octanol–water partition coefficient (Wildman–Crippen LogP) is 2.84. The van der Waals surface area contributed by atoms with Crippen LogP contribution >= 0.6 is 0 Å². The highest BCUT2D eigenvalue weighted by atomic mass is 16.5. The van der Waals surface area contributed by atoms with Gasteiger partial charge in [-0.2, -0.15) is 0 Å². The van der Waals surface area contributed by atoms with Crippen LogP contribution in [0.5, 0.6) is 5.75 Å². The van der Waals surface area contributed by atoms with E-state index < -0.39 is 0 Å². The molecule has 0 saturated carbocycles. The highest BCUT2D eigenvalue weighted by molar-refractivity contribution is 5.88. The minimum atomic E-state index is -0.323. The minimum absolute atomic E-state index is 0.0248. The van der Waals surface area contributed by atoms with Crippen LogP contribution in [-0.2, 0) is 9.59 Å². The Morgan fingerprint density at radius 1 is 1.08 bits per heavy atom. The van der Waals surface area contributed by atoms with E-state index in [4.69, 9.17) is 4.74 Å². The molecule has 2 amide bonds. The van der Waals surface area contributed by atoms with Crippen molar-refractivity contribution >= 4 is 11.8 Å². The van der Waals surface area contributed by atoms with Gasteiger partial charge < -0.3 is 14.5 Å². The molecule has 1 fully saturated rings. The van der Waals surface area contributed by atoms with Crippen LogP contribution in [0.2, 0.25) is 0 Å². The lowest BCUT2D eigenvalue weighted by atomic mass is 10.1. The van der Waals surface area contributed by atoms with Crippen LogP contribution in [0.3, 0.4) is 0 Å². The molecule has 1 aliphatic rings. The summed E-state index contributed by atoms with van der Waals surface area (Å²) in [6, 6.07) is 19.2. The Balaban J connectivity index is 1.57. The van der Waals surface area contributed by atoms with Crippen molar-refractivity contribution in [1.82, 2.24) is 9.80 Å². The van der Waals surface area contributed by atoms with Crippen molar-refractivity contribution < 1.29 is 14.3 Å². The van der Waals surface area contributed by atoms with Crippen molar-refractivity contribution in [1.29, 1.82) is 0 Å². The molecule has 1 heterocycles. The molecule has 5 nitrogen and oxygen atoms in total. The fourth-order valence-corrected chi connectivity index (χ4v) is 3.02. The van der Waals surface area contributed by atoms with Gasteiger partial charge in [0.05, 0.1) is 6.61 Å². The van der Waals surface area contributed by atoms with Gasteiger partial charge in [-0.05, 0) is 24.1 Å². The Bertz CT molecular complexity index is 718. The molecule has 5 heteroatoms. The number of nitrogens with zero attached hydrogens (tertiary/aromatic N) is 2. The van der Waals surface area contributed by atoms with Gasteiger partial charge in [0, 0.05) is 13.5 Å². The smallest absolute Gasteiger partial charge is 0.243 e. The average molecular weight is 338 g/mol. The third kappa shape index (κ3) is 3.99. The van der Waals surface area contributed by atoms with Gasteiger partial charge in [0.15, 0.2) is 0 Å². The van der Waals surface area contributed by atoms with E-state index in [-0.39, 0.29) is 24.5 Å². The molecule has 0 spiro atoms. The monoisotopic (exact) mass is 338 g/mol. The van der Waals surface area contributed by atoms with Crippen molar-refractivity contribution in [2.75, 3.05) is 20.2 Å². The van der Waals surface area contributed by atoms with E-state index in [0.29, 0.717) is 19.4 Å². The fraction of sp³-hybridized carbons (Fsp3) is 0.300. The number of carbonyl (C=O) groups excluding carboxylic acids is 2. The van der Waals surface area contributed by atoms with Gasteiger partial charge in [-0.25, -0.2) is 0 Å². The van der Waals surface area contributed by atoms with Crippen LogP contribution in [0.15, 0.2) is 60.7 Å². The lowest BCUT2D eigenvalue weighted by molar-refractivity contribution is -0.133. The molecule has 2 aromatic rings. The molecular formula is C20H22N2O3. The first kappa shape index (κ1) is 17.0. The molecule has 1 aliphatic heterocycles. The summed E-state index contributed by atoms with van der Waals surface area (Å²) in [5.41, 5.74) is 0.949. The Morgan fingerprint density at radius 2 is 1.72 bits per heavy atom. The number of para-hydroxylation sites is 1. The molecule has 0 aliphatic carbocycles. The number of likely N-dealkylation sites (N-methyl/N-ethyl adjacent to an activating group) is 1. The van der Waals surface area contributed by atoms with Crippen molar-refractivity contribution in [3.05, 3.63) is 66.2 Å². The molecule has 0 radical (unpaired) electrons. The summed E-state index contributed by atoms with van der Waals surface area (Å²) in [7, 11) is 1.74. The zero-order valence-electron chi connectivity index (χ0n) is 14.3. The number of carbonyl (C=O) groups is 2. The SMILES string of the molecule is CN1C(=O)CN(C(=O)CCCOc2ccccc2)C1c1ccccc1. The van der Waals surface area contributed by atoms with Gasteiger partial charge in [-0.15, -0.1) is 0 Å². The number of amides is 2. The lowest BCUT2D eigenvalue weighted by Crippen LogP contribution is -2.34. The third-order valence-electron chi connectivity index (χ3n) is 4.33. The number of rotatable bonds is 6. The highest BCUT2D eigenvalue weighted by Crippen LogP contribution is 2.29. The third-order valence-corrected chi connectivity index (χ3v) is 4.33. The van der Waals surface area contributed by atoms with Gasteiger partial charge in [0.1, 0.15) is 18.5 Å². The lowest BCUT2D eigenvalue weighted by Gasteiger charge is -2.28. The normalized spacial score (nSPS) is 17.0. The van der Waals surface area contributed by atoms with E-state index in [1.807, 2.05) is 60.7 Å². The van der Waals surface area contributed by atoms with Crippen LogP contribution < -0.4 is 4.74 Å². The zero-order valence-corrected chi connectivity index (χ0v) is 14.3. The van der Waals surface area contributed by atoms with E-state index in [1.165, 1.54) is 0 Å². The molecule has 3 rings (SSSR count). The second-order valence-corrected chi connectivity index (χ2v) is 6.08. The van der Waals surface area contributed by atoms with E-state index in [0.717, 1.165) is 11.3 Å². The van der Waals surface area contributed by atoms with Gasteiger partial charge >= 0.3 is 0 Å². The summed E-state index contributed by atoms with van der Waals surface area (Å²) in [5.74, 6) is 0.735. The second-order valence-electron chi connectivity index (χ2n) is 6.08. The van der Waals surface area contributed by atoms with E-state index in [9.17, 15) is 9.59 Å². The summed E-state index contributed by atoms with van der Waals surface area (Å²) in [4.78, 5) is 28.0. The zero-order chi connectivity index (χ0) is 17.6. The van der Waals surface area contributed by atoms with Gasteiger partial charge in [-0.1, -0.05) is 48.5 Å². The van der Waals surface area contributed by atoms with Crippen LogP contribution in [0.4, 0.5) is 0 Å². The van der Waals surface area contributed by atoms with Gasteiger partial charge in [-0.3, -0.25) is 9.59 Å². The van der Waals surface area contributed by atoms with Crippen LogP contribution in [0, 0.1) is 0 Å². The summed E-state index contributed by atoms with van der Waals surface area (Å²) >= 11 is 0. The standard InChI is InChI=1S/C20H22N2O3/c1-21-19(24)15-22(20(21)16-9-4-2-5-10-16)18(23)13-8-14-25-17-11-6-3-7-12-17/h2-7,9-12,20H,8,13-15H2,1H3. The van der Waals surface area contributed by atoms with Crippen molar-refractivity contribution in [3.8, 4) is 5.75 Å². The molecule has 0 bridgehead atoms. The molecule has 0 aromatic heterocycles. The number of ether oxygens (including phenoxy) is 1. The molecule has 1 atom stereocenters. The first-order chi connectivity index (χ1) is 12.2. The van der Waals surface area contributed by atoms with Gasteiger partial charge in [0.2, 0.25) is 11.8 Å². The molecule has 1 unspecified atom stereocenters. The summed E-state index contributed by atoms with van der Waals surface area (Å²) < 4.78 is 5.62. The number of hydrogen-bond acceptors (Lipinski definition) is 3. The van der Waals surface area contributed by atoms with E-state index in [2.05, 4.69) is 0 Å². The quantitative estimate of drug-likeness (QED) is 0.761. The van der Waals surface area contributed by atoms with Crippen LogP contribution in [0.25, 0.3) is 0 Å². The Kier molecular flexibility index (Phi) is 5.33. The van der Waals surface area contributed by atoms with Crippen LogP contribution in [-0.4, -0.2) is 41.8 Å². The summed E-state index contributed by atoms with van der Waals surface area (Å²) in [6.07, 6.45) is 0.650. The number of benzene rings is 2. The molecule has 2 aromatic carbocycles. The van der Waals surface area contributed by atoms with E-state index in [1.54, 1.807) is 16.8 Å². The molecule has 0 N–H and O–H groups in total. The summed E-state index contributed by atoms with van der Waals surface area (Å²) in [5, 5.41) is 0. The summed E-state index contributed by atoms with van der Waals surface area (Å²) in [6.45, 7) is 0.609. The highest BCUT2D eigenvalue weighted by Gasteiger charge is 2.38. The van der Waals surface area contributed by atoms with Crippen molar-refractivity contribution in [2.45, 2.75) is 19.0 Å². The topological polar surface area (TPSA) is 49.9 Å². The molecule has 1 saturated heterocycles. The fourth-order valence-electron chi connectivity index (χ4n) is 3.02. The molecular weight excluding hydrogens is 316 g/mol.